The van der Waals surface area contributed by atoms with Crippen molar-refractivity contribution in [3.8, 4) is 0 Å². The molecule has 0 aliphatic carbocycles. The molecule has 1 aromatic rings. The minimum atomic E-state index is -4.94. The Hall–Kier alpha value is -1.19. The molecule has 3 rings (SSSR count). The molecule has 2 aliphatic rings. The van der Waals surface area contributed by atoms with Gasteiger partial charge in [0.15, 0.2) is 0 Å². The predicted molar refractivity (Wildman–Crippen MR) is 74.7 cm³/mol. The van der Waals surface area contributed by atoms with Gasteiger partial charge in [-0.3, -0.25) is 0 Å². The Bertz CT molecular complexity index is 691. The van der Waals surface area contributed by atoms with Crippen LogP contribution in [-0.4, -0.2) is 37.9 Å². The van der Waals surface area contributed by atoms with Gasteiger partial charge in [-0.15, -0.1) is 0 Å². The van der Waals surface area contributed by atoms with Gasteiger partial charge in [0.2, 0.25) is 10.0 Å². The van der Waals surface area contributed by atoms with Gasteiger partial charge in [0.25, 0.3) is 0 Å². The first-order chi connectivity index (χ1) is 10.7. The molecule has 2 heterocycles. The number of alkyl halides is 3. The molecule has 2 saturated heterocycles. The average Bonchev–Trinajstić information content (AvgIpc) is 2.71. The smallest absolute Gasteiger partial charge is 0.315 e. The molecule has 0 radical (unpaired) electrons. The molecule has 0 amide bonds. The molecule has 2 unspecified atom stereocenters. The average molecular weight is 352 g/mol. The largest absolute Gasteiger partial charge is 0.417 e. The summed E-state index contributed by atoms with van der Waals surface area (Å²) in [5, 5.41) is 3.10. The Kier molecular flexibility index (Phi) is 4.14. The zero-order valence-electron chi connectivity index (χ0n) is 12.1. The fourth-order valence-corrected chi connectivity index (χ4v) is 5.49. The van der Waals surface area contributed by atoms with E-state index in [1.165, 1.54) is 4.31 Å². The topological polar surface area (TPSA) is 49.4 Å². The maximum Gasteiger partial charge on any atom is 0.417 e. The zero-order valence-corrected chi connectivity index (χ0v) is 12.9. The van der Waals surface area contributed by atoms with Gasteiger partial charge in [-0.2, -0.15) is 17.5 Å². The predicted octanol–water partition coefficient (Wildman–Crippen LogP) is 2.36. The van der Waals surface area contributed by atoms with E-state index in [0.29, 0.717) is 38.4 Å². The summed E-state index contributed by atoms with van der Waals surface area (Å²) in [5.74, 6) is -1.11. The summed E-state index contributed by atoms with van der Waals surface area (Å²) < 4.78 is 79.6. The first kappa shape index (κ1) is 16.7. The number of fused-ring (bicyclic) bond motifs is 2. The van der Waals surface area contributed by atoms with Crippen molar-refractivity contribution in [2.45, 2.75) is 42.4 Å². The number of hydrogen-bond donors (Lipinski definition) is 1. The van der Waals surface area contributed by atoms with Crippen LogP contribution < -0.4 is 5.32 Å². The van der Waals surface area contributed by atoms with Crippen LogP contribution in [0.5, 0.6) is 0 Å². The maximum atomic E-state index is 13.2. The van der Waals surface area contributed by atoms with Gasteiger partial charge in [0, 0.05) is 18.6 Å². The number of hydrogen-bond acceptors (Lipinski definition) is 3. The van der Waals surface area contributed by atoms with E-state index in [4.69, 9.17) is 0 Å². The van der Waals surface area contributed by atoms with E-state index in [1.54, 1.807) is 0 Å². The fourth-order valence-electron chi connectivity index (χ4n) is 3.39. The Labute approximate surface area is 131 Å². The molecular formula is C14H16F4N2O2S. The van der Waals surface area contributed by atoms with Crippen molar-refractivity contribution < 1.29 is 26.0 Å². The molecule has 1 aromatic carbocycles. The summed E-state index contributed by atoms with van der Waals surface area (Å²) in [4.78, 5) is -0.870. The highest BCUT2D eigenvalue weighted by Gasteiger charge is 2.46. The van der Waals surface area contributed by atoms with Crippen LogP contribution >= 0.6 is 0 Å². The quantitative estimate of drug-likeness (QED) is 0.832. The van der Waals surface area contributed by atoms with E-state index in [-0.39, 0.29) is 18.2 Å². The summed E-state index contributed by atoms with van der Waals surface area (Å²) in [6.45, 7) is 1.04. The summed E-state index contributed by atoms with van der Waals surface area (Å²) in [6, 6.07) is 1.03. The molecule has 2 atom stereocenters. The first-order valence-electron chi connectivity index (χ1n) is 7.32. The van der Waals surface area contributed by atoms with Crippen LogP contribution in [0.4, 0.5) is 17.6 Å². The van der Waals surface area contributed by atoms with Gasteiger partial charge < -0.3 is 5.32 Å². The van der Waals surface area contributed by atoms with Crippen LogP contribution in [0.15, 0.2) is 23.1 Å². The number of sulfonamides is 1. The van der Waals surface area contributed by atoms with Crippen molar-refractivity contribution >= 4 is 10.0 Å². The van der Waals surface area contributed by atoms with E-state index in [1.807, 2.05) is 0 Å². The molecule has 2 bridgehead atoms. The van der Waals surface area contributed by atoms with Gasteiger partial charge in [0.05, 0.1) is 10.5 Å². The Balaban J connectivity index is 2.10. The van der Waals surface area contributed by atoms with Crippen LogP contribution in [0.25, 0.3) is 0 Å². The van der Waals surface area contributed by atoms with Crippen LogP contribution in [0.2, 0.25) is 0 Å². The van der Waals surface area contributed by atoms with E-state index < -0.39 is 32.5 Å². The second-order valence-corrected chi connectivity index (χ2v) is 7.66. The van der Waals surface area contributed by atoms with Crippen LogP contribution in [-0.2, 0) is 16.2 Å². The van der Waals surface area contributed by atoms with Gasteiger partial charge in [0.1, 0.15) is 5.82 Å². The van der Waals surface area contributed by atoms with E-state index in [9.17, 15) is 26.0 Å². The lowest BCUT2D eigenvalue weighted by Crippen LogP contribution is -2.43. The highest BCUT2D eigenvalue weighted by atomic mass is 32.2. The number of nitrogens with zero attached hydrogens (tertiary/aromatic N) is 1. The van der Waals surface area contributed by atoms with Crippen molar-refractivity contribution in [2.75, 3.05) is 13.1 Å². The zero-order chi connectivity index (χ0) is 16.8. The summed E-state index contributed by atoms with van der Waals surface area (Å²) in [6.07, 6.45) is -3.14. The van der Waals surface area contributed by atoms with Crippen LogP contribution in [0.3, 0.4) is 0 Å². The van der Waals surface area contributed by atoms with Crippen molar-refractivity contribution in [3.63, 3.8) is 0 Å². The number of halogens is 4. The van der Waals surface area contributed by atoms with Crippen molar-refractivity contribution in [3.05, 3.63) is 29.6 Å². The fraction of sp³-hybridized carbons (Fsp3) is 0.571. The molecule has 128 valence electrons. The lowest BCUT2D eigenvalue weighted by atomic mass is 10.1. The van der Waals surface area contributed by atoms with E-state index in [2.05, 4.69) is 5.32 Å². The molecule has 9 heteroatoms. The number of rotatable bonds is 2. The minimum Gasteiger partial charge on any atom is -0.315 e. The SMILES string of the molecule is O=S(=O)(c1ccc(F)cc1C(F)(F)F)N1C2CCNCC1CC2. The number of nitrogens with one attached hydrogen (secondary N) is 1. The van der Waals surface area contributed by atoms with Gasteiger partial charge in [-0.05, 0) is 44.0 Å². The molecule has 0 saturated carbocycles. The summed E-state index contributed by atoms with van der Waals surface area (Å²) in [5.41, 5.74) is -1.45. The monoisotopic (exact) mass is 352 g/mol. The van der Waals surface area contributed by atoms with Crippen LogP contribution in [0.1, 0.15) is 24.8 Å². The van der Waals surface area contributed by atoms with Crippen molar-refractivity contribution in [2.24, 2.45) is 0 Å². The van der Waals surface area contributed by atoms with Gasteiger partial charge in [-0.1, -0.05) is 0 Å². The van der Waals surface area contributed by atoms with Crippen molar-refractivity contribution in [1.82, 2.24) is 9.62 Å². The second-order valence-electron chi connectivity index (χ2n) is 5.85. The standard InChI is InChI=1S/C14H16F4N2O2S/c15-9-1-4-13(12(7-9)14(16,17)18)23(21,22)20-10-2-3-11(20)8-19-6-5-10/h1,4,7,10-11,19H,2-3,5-6,8H2. The third-order valence-electron chi connectivity index (χ3n) is 4.39. The van der Waals surface area contributed by atoms with E-state index >= 15 is 0 Å². The van der Waals surface area contributed by atoms with E-state index in [0.717, 1.165) is 6.07 Å². The molecule has 0 aromatic heterocycles. The lowest BCUT2D eigenvalue weighted by molar-refractivity contribution is -0.140. The van der Waals surface area contributed by atoms with Gasteiger partial charge >= 0.3 is 6.18 Å². The second kappa shape index (κ2) is 5.71. The first-order valence-corrected chi connectivity index (χ1v) is 8.76. The lowest BCUT2D eigenvalue weighted by Gasteiger charge is -2.28. The number of benzene rings is 1. The molecule has 4 nitrogen and oxygen atoms in total. The third-order valence-corrected chi connectivity index (χ3v) is 6.45. The normalized spacial score (nSPS) is 26.3. The third kappa shape index (κ3) is 2.97. The molecular weight excluding hydrogens is 336 g/mol. The van der Waals surface area contributed by atoms with Crippen molar-refractivity contribution in [1.29, 1.82) is 0 Å². The summed E-state index contributed by atoms with van der Waals surface area (Å²) >= 11 is 0. The highest BCUT2D eigenvalue weighted by Crippen LogP contribution is 2.39. The summed E-state index contributed by atoms with van der Waals surface area (Å²) in [7, 11) is -4.35. The minimum absolute atomic E-state index is 0.241. The molecule has 0 spiro atoms. The molecule has 1 N–H and O–H groups in total. The molecule has 2 fully saturated rings. The van der Waals surface area contributed by atoms with Crippen LogP contribution in [0, 0.1) is 5.82 Å². The maximum absolute atomic E-state index is 13.2. The molecule has 2 aliphatic heterocycles. The molecule has 23 heavy (non-hydrogen) atoms. The highest BCUT2D eigenvalue weighted by molar-refractivity contribution is 7.89. The Morgan fingerprint density at radius 3 is 2.52 bits per heavy atom. The van der Waals surface area contributed by atoms with Gasteiger partial charge in [-0.25, -0.2) is 12.8 Å². The Morgan fingerprint density at radius 2 is 1.83 bits per heavy atom. The Morgan fingerprint density at radius 1 is 1.13 bits per heavy atom.